The van der Waals surface area contributed by atoms with Crippen LogP contribution in [0.2, 0.25) is 0 Å². The van der Waals surface area contributed by atoms with Crippen molar-refractivity contribution >= 4 is 11.6 Å². The minimum absolute atomic E-state index is 0.159. The van der Waals surface area contributed by atoms with Gasteiger partial charge in [-0.15, -0.1) is 0 Å². The van der Waals surface area contributed by atoms with Crippen LogP contribution < -0.4 is 10.9 Å². The molecule has 0 saturated heterocycles. The fourth-order valence-electron chi connectivity index (χ4n) is 2.04. The van der Waals surface area contributed by atoms with Crippen LogP contribution in [0.15, 0.2) is 71.5 Å². The predicted molar refractivity (Wildman–Crippen MR) is 84.7 cm³/mol. The van der Waals surface area contributed by atoms with Gasteiger partial charge in [-0.25, -0.2) is 5.10 Å². The van der Waals surface area contributed by atoms with Gasteiger partial charge < -0.3 is 5.32 Å². The van der Waals surface area contributed by atoms with E-state index >= 15 is 0 Å². The Morgan fingerprint density at radius 1 is 0.864 bits per heavy atom. The number of hydrogen-bond donors (Lipinski definition) is 2. The molecular formula is C17H13N3O2. The van der Waals surface area contributed by atoms with Crippen molar-refractivity contribution in [3.8, 4) is 11.1 Å². The van der Waals surface area contributed by atoms with Crippen molar-refractivity contribution in [1.29, 1.82) is 0 Å². The smallest absolute Gasteiger partial charge is 0.276 e. The number of nitrogens with one attached hydrogen (secondary N) is 2. The Kier molecular flexibility index (Phi) is 3.78. The molecule has 3 aromatic rings. The first-order valence-corrected chi connectivity index (χ1v) is 6.75. The zero-order valence-corrected chi connectivity index (χ0v) is 11.6. The number of anilines is 1. The van der Waals surface area contributed by atoms with Crippen molar-refractivity contribution in [3.05, 3.63) is 82.8 Å². The van der Waals surface area contributed by atoms with Crippen LogP contribution >= 0.6 is 0 Å². The summed E-state index contributed by atoms with van der Waals surface area (Å²) in [4.78, 5) is 22.9. The van der Waals surface area contributed by atoms with Gasteiger partial charge in [0, 0.05) is 11.8 Å². The van der Waals surface area contributed by atoms with Crippen LogP contribution in [0.3, 0.4) is 0 Å². The Morgan fingerprint density at radius 3 is 2.18 bits per heavy atom. The van der Waals surface area contributed by atoms with Crippen LogP contribution in [0.5, 0.6) is 0 Å². The molecule has 0 aliphatic heterocycles. The van der Waals surface area contributed by atoms with E-state index in [1.807, 2.05) is 54.6 Å². The molecule has 2 N–H and O–H groups in total. The summed E-state index contributed by atoms with van der Waals surface area (Å²) in [5.74, 6) is -0.372. The molecule has 1 amide bonds. The van der Waals surface area contributed by atoms with Crippen molar-refractivity contribution in [2.75, 3.05) is 5.32 Å². The van der Waals surface area contributed by atoms with Crippen LogP contribution in [-0.4, -0.2) is 16.1 Å². The Labute approximate surface area is 126 Å². The highest BCUT2D eigenvalue weighted by molar-refractivity contribution is 6.02. The molecule has 0 aliphatic carbocycles. The van der Waals surface area contributed by atoms with Gasteiger partial charge >= 0.3 is 0 Å². The maximum Gasteiger partial charge on any atom is 0.276 e. The van der Waals surface area contributed by atoms with Crippen LogP contribution in [0, 0.1) is 0 Å². The number of benzene rings is 2. The van der Waals surface area contributed by atoms with Gasteiger partial charge in [-0.1, -0.05) is 42.5 Å². The average molecular weight is 291 g/mol. The first-order chi connectivity index (χ1) is 10.7. The summed E-state index contributed by atoms with van der Waals surface area (Å²) < 4.78 is 0. The number of amides is 1. The molecule has 1 aromatic heterocycles. The Hall–Kier alpha value is -3.21. The van der Waals surface area contributed by atoms with Crippen LogP contribution in [-0.2, 0) is 0 Å². The molecule has 1 heterocycles. The minimum Gasteiger partial charge on any atom is -0.321 e. The van der Waals surface area contributed by atoms with Gasteiger partial charge in [0.2, 0.25) is 0 Å². The molecule has 5 nitrogen and oxygen atoms in total. The van der Waals surface area contributed by atoms with Crippen molar-refractivity contribution in [2.24, 2.45) is 0 Å². The molecule has 0 unspecified atom stereocenters. The van der Waals surface area contributed by atoms with Gasteiger partial charge in [0.05, 0.1) is 0 Å². The van der Waals surface area contributed by atoms with Crippen LogP contribution in [0.4, 0.5) is 5.69 Å². The highest BCUT2D eigenvalue weighted by Gasteiger charge is 2.07. The first kappa shape index (κ1) is 13.8. The largest absolute Gasteiger partial charge is 0.321 e. The molecule has 2 aromatic carbocycles. The number of rotatable bonds is 3. The molecule has 0 radical (unpaired) electrons. The summed E-state index contributed by atoms with van der Waals surface area (Å²) in [6.07, 6.45) is 0. The minimum atomic E-state index is -0.372. The second-order valence-electron chi connectivity index (χ2n) is 4.70. The number of aromatic amines is 1. The van der Waals surface area contributed by atoms with Gasteiger partial charge in [0.15, 0.2) is 0 Å². The van der Waals surface area contributed by atoms with Gasteiger partial charge in [0.1, 0.15) is 5.69 Å². The third-order valence-electron chi connectivity index (χ3n) is 3.16. The fourth-order valence-corrected chi connectivity index (χ4v) is 2.04. The molecule has 0 saturated carbocycles. The maximum absolute atomic E-state index is 12.0. The summed E-state index contributed by atoms with van der Waals surface area (Å²) >= 11 is 0. The zero-order valence-electron chi connectivity index (χ0n) is 11.6. The number of H-pyrrole nitrogens is 1. The monoisotopic (exact) mass is 291 g/mol. The lowest BCUT2D eigenvalue weighted by Crippen LogP contribution is -2.17. The SMILES string of the molecule is O=C(Nc1ccc(-c2ccccc2)cc1)c1ccc(=O)[nH]n1. The topological polar surface area (TPSA) is 74.8 Å². The van der Waals surface area contributed by atoms with E-state index in [9.17, 15) is 9.59 Å². The van der Waals surface area contributed by atoms with Crippen LogP contribution in [0.1, 0.15) is 10.5 Å². The molecule has 0 bridgehead atoms. The van der Waals surface area contributed by atoms with Crippen molar-refractivity contribution in [1.82, 2.24) is 10.2 Å². The molecule has 3 rings (SSSR count). The predicted octanol–water partition coefficient (Wildman–Crippen LogP) is 2.69. The number of carbonyl (C=O) groups excluding carboxylic acids is 1. The zero-order chi connectivity index (χ0) is 15.4. The van der Waals surface area contributed by atoms with E-state index in [-0.39, 0.29) is 17.2 Å². The van der Waals surface area contributed by atoms with Crippen LogP contribution in [0.25, 0.3) is 11.1 Å². The van der Waals surface area contributed by atoms with E-state index in [2.05, 4.69) is 15.5 Å². The van der Waals surface area contributed by atoms with Gasteiger partial charge in [-0.05, 0) is 29.3 Å². The van der Waals surface area contributed by atoms with Crippen molar-refractivity contribution < 1.29 is 4.79 Å². The second kappa shape index (κ2) is 6.05. The lowest BCUT2D eigenvalue weighted by Gasteiger charge is -2.06. The number of hydrogen-bond acceptors (Lipinski definition) is 3. The lowest BCUT2D eigenvalue weighted by molar-refractivity contribution is 0.102. The number of nitrogens with zero attached hydrogens (tertiary/aromatic N) is 1. The van der Waals surface area contributed by atoms with E-state index < -0.39 is 0 Å². The summed E-state index contributed by atoms with van der Waals surface area (Å²) in [6.45, 7) is 0. The van der Waals surface area contributed by atoms with E-state index in [0.717, 1.165) is 11.1 Å². The lowest BCUT2D eigenvalue weighted by atomic mass is 10.1. The second-order valence-corrected chi connectivity index (χ2v) is 4.70. The third kappa shape index (κ3) is 3.09. The van der Waals surface area contributed by atoms with Gasteiger partial charge in [-0.3, -0.25) is 9.59 Å². The van der Waals surface area contributed by atoms with Gasteiger partial charge in [-0.2, -0.15) is 5.10 Å². The molecule has 0 fully saturated rings. The summed E-state index contributed by atoms with van der Waals surface area (Å²) in [7, 11) is 0. The maximum atomic E-state index is 12.0. The fraction of sp³-hybridized carbons (Fsp3) is 0. The van der Waals surface area contributed by atoms with Crippen molar-refractivity contribution in [3.63, 3.8) is 0 Å². The summed E-state index contributed by atoms with van der Waals surface area (Å²) in [5, 5.41) is 8.65. The summed E-state index contributed by atoms with van der Waals surface area (Å²) in [6, 6.07) is 20.1. The molecule has 108 valence electrons. The van der Waals surface area contributed by atoms with E-state index in [1.54, 1.807) is 0 Å². The first-order valence-electron chi connectivity index (χ1n) is 6.75. The normalized spacial score (nSPS) is 10.2. The van der Waals surface area contributed by atoms with Crippen molar-refractivity contribution in [2.45, 2.75) is 0 Å². The molecule has 5 heteroatoms. The van der Waals surface area contributed by atoms with E-state index in [1.165, 1.54) is 12.1 Å². The van der Waals surface area contributed by atoms with Gasteiger partial charge in [0.25, 0.3) is 11.5 Å². The Balaban J connectivity index is 1.75. The quantitative estimate of drug-likeness (QED) is 0.779. The summed E-state index contributed by atoms with van der Waals surface area (Å²) in [5.41, 5.74) is 2.66. The number of carbonyl (C=O) groups is 1. The standard InChI is InChI=1S/C17H13N3O2/c21-16-11-10-15(19-20-16)17(22)18-14-8-6-13(7-9-14)12-4-2-1-3-5-12/h1-11H,(H,18,22)(H,20,21). The molecule has 0 atom stereocenters. The molecule has 22 heavy (non-hydrogen) atoms. The Bertz CT molecular complexity index is 819. The average Bonchev–Trinajstić information content (AvgIpc) is 2.57. The Morgan fingerprint density at radius 2 is 1.55 bits per heavy atom. The highest BCUT2D eigenvalue weighted by atomic mass is 16.2. The molecular weight excluding hydrogens is 278 g/mol. The third-order valence-corrected chi connectivity index (χ3v) is 3.16. The molecule has 0 aliphatic rings. The van der Waals surface area contributed by atoms with E-state index in [0.29, 0.717) is 5.69 Å². The molecule has 0 spiro atoms. The highest BCUT2D eigenvalue weighted by Crippen LogP contribution is 2.21. The van der Waals surface area contributed by atoms with E-state index in [4.69, 9.17) is 0 Å². The number of aromatic nitrogens is 2.